The Balaban J connectivity index is 2.53. The third-order valence-corrected chi connectivity index (χ3v) is 7.28. The Morgan fingerprint density at radius 3 is 2.38 bits per heavy atom. The van der Waals surface area contributed by atoms with Gasteiger partial charge in [0, 0.05) is 29.7 Å². The van der Waals surface area contributed by atoms with E-state index in [0.717, 1.165) is 22.7 Å². The number of hydrogen-bond acceptors (Lipinski definition) is 7. The highest BCUT2D eigenvalue weighted by Crippen LogP contribution is 2.34. The smallest absolute Gasteiger partial charge is 0.271 e. The molecule has 202 valence electrons. The third kappa shape index (κ3) is 7.80. The number of rotatable bonds is 12. The SMILES string of the molecule is CCC(C)NC(=O)C(C)N(Cc1ccccc1Cl)C(=O)CN(c1cc([N+](=O)[O-])ccc1OC)S(C)(=O)=O. The summed E-state index contributed by atoms with van der Waals surface area (Å²) in [7, 11) is -2.84. The predicted octanol–water partition coefficient (Wildman–Crippen LogP) is 3.35. The lowest BCUT2D eigenvalue weighted by atomic mass is 10.1. The quantitative estimate of drug-likeness (QED) is 0.313. The number of sulfonamides is 1. The van der Waals surface area contributed by atoms with Gasteiger partial charge in [-0.25, -0.2) is 8.42 Å². The van der Waals surface area contributed by atoms with Crippen molar-refractivity contribution in [3.63, 3.8) is 0 Å². The van der Waals surface area contributed by atoms with Crippen molar-refractivity contribution in [3.8, 4) is 5.75 Å². The zero-order chi connectivity index (χ0) is 27.9. The zero-order valence-electron chi connectivity index (χ0n) is 21.3. The Kier molecular flexibility index (Phi) is 10.3. The van der Waals surface area contributed by atoms with E-state index in [1.165, 1.54) is 25.0 Å². The van der Waals surface area contributed by atoms with Gasteiger partial charge in [0.1, 0.15) is 24.0 Å². The van der Waals surface area contributed by atoms with Gasteiger partial charge in [0.25, 0.3) is 5.69 Å². The minimum Gasteiger partial charge on any atom is -0.495 e. The standard InChI is InChI=1S/C24H31ClN4O7S/c1-6-16(2)26-24(31)17(3)27(14-18-9-7-8-10-20(18)25)23(30)15-28(37(5,34)35)21-13-19(29(32)33)11-12-22(21)36-4/h7-13,16-17H,6,14-15H2,1-5H3,(H,26,31). The number of nitro benzene ring substituents is 1. The number of anilines is 1. The molecule has 11 nitrogen and oxygen atoms in total. The van der Waals surface area contributed by atoms with E-state index in [0.29, 0.717) is 17.0 Å². The second-order valence-electron chi connectivity index (χ2n) is 8.49. The van der Waals surface area contributed by atoms with Crippen molar-refractivity contribution in [3.05, 3.63) is 63.2 Å². The molecule has 37 heavy (non-hydrogen) atoms. The van der Waals surface area contributed by atoms with Gasteiger partial charge < -0.3 is 15.0 Å². The molecule has 0 aliphatic rings. The van der Waals surface area contributed by atoms with Crippen molar-refractivity contribution in [2.24, 2.45) is 0 Å². The summed E-state index contributed by atoms with van der Waals surface area (Å²) in [5.41, 5.74) is -0.00684. The van der Waals surface area contributed by atoms with Crippen LogP contribution in [0.1, 0.15) is 32.8 Å². The van der Waals surface area contributed by atoms with Gasteiger partial charge in [-0.15, -0.1) is 0 Å². The summed E-state index contributed by atoms with van der Waals surface area (Å²) in [6, 6.07) is 9.09. The number of nitrogens with zero attached hydrogens (tertiary/aromatic N) is 3. The van der Waals surface area contributed by atoms with Crippen molar-refractivity contribution in [1.82, 2.24) is 10.2 Å². The van der Waals surface area contributed by atoms with E-state index in [1.54, 1.807) is 24.3 Å². The number of benzene rings is 2. The van der Waals surface area contributed by atoms with Crippen LogP contribution in [0.2, 0.25) is 5.02 Å². The summed E-state index contributed by atoms with van der Waals surface area (Å²) in [4.78, 5) is 38.4. The molecule has 0 saturated carbocycles. The highest BCUT2D eigenvalue weighted by atomic mass is 35.5. The van der Waals surface area contributed by atoms with Crippen molar-refractivity contribution < 1.29 is 27.7 Å². The highest BCUT2D eigenvalue weighted by molar-refractivity contribution is 7.92. The molecular formula is C24H31ClN4O7S. The summed E-state index contributed by atoms with van der Waals surface area (Å²) in [6.07, 6.45) is 1.54. The van der Waals surface area contributed by atoms with Gasteiger partial charge >= 0.3 is 0 Å². The average molecular weight is 555 g/mol. The molecule has 0 fully saturated rings. The van der Waals surface area contributed by atoms with Crippen LogP contribution in [0.25, 0.3) is 0 Å². The highest BCUT2D eigenvalue weighted by Gasteiger charge is 2.32. The molecule has 2 amide bonds. The number of non-ortho nitro benzene ring substituents is 1. The van der Waals surface area contributed by atoms with E-state index in [2.05, 4.69) is 5.32 Å². The summed E-state index contributed by atoms with van der Waals surface area (Å²) < 4.78 is 31.5. The molecule has 0 heterocycles. The molecule has 2 rings (SSSR count). The fourth-order valence-electron chi connectivity index (χ4n) is 3.44. The van der Waals surface area contributed by atoms with Crippen LogP contribution in [0.15, 0.2) is 42.5 Å². The Morgan fingerprint density at radius 2 is 1.84 bits per heavy atom. The second-order valence-corrected chi connectivity index (χ2v) is 10.8. The maximum atomic E-state index is 13.6. The first-order valence-electron chi connectivity index (χ1n) is 11.4. The van der Waals surface area contributed by atoms with Crippen LogP contribution in [0.5, 0.6) is 5.75 Å². The Morgan fingerprint density at radius 1 is 1.19 bits per heavy atom. The molecule has 0 aromatic heterocycles. The summed E-state index contributed by atoms with van der Waals surface area (Å²) >= 11 is 6.30. The number of amides is 2. The van der Waals surface area contributed by atoms with Gasteiger partial charge in [-0.2, -0.15) is 0 Å². The first-order valence-corrected chi connectivity index (χ1v) is 13.7. The Labute approximate surface area is 221 Å². The van der Waals surface area contributed by atoms with Crippen molar-refractivity contribution in [2.75, 3.05) is 24.2 Å². The van der Waals surface area contributed by atoms with Crippen LogP contribution >= 0.6 is 11.6 Å². The average Bonchev–Trinajstić information content (AvgIpc) is 2.84. The molecule has 0 bridgehead atoms. The van der Waals surface area contributed by atoms with Gasteiger partial charge in [0.05, 0.1) is 18.3 Å². The molecule has 1 N–H and O–H groups in total. The van der Waals surface area contributed by atoms with E-state index in [1.807, 2.05) is 13.8 Å². The molecule has 2 unspecified atom stereocenters. The molecule has 2 aromatic rings. The fourth-order valence-corrected chi connectivity index (χ4v) is 4.48. The molecule has 0 aliphatic heterocycles. The second kappa shape index (κ2) is 12.7. The molecule has 0 radical (unpaired) electrons. The molecule has 2 atom stereocenters. The van der Waals surface area contributed by atoms with Gasteiger partial charge in [-0.1, -0.05) is 36.7 Å². The fraction of sp³-hybridized carbons (Fsp3) is 0.417. The summed E-state index contributed by atoms with van der Waals surface area (Å²) in [5, 5.41) is 14.5. The van der Waals surface area contributed by atoms with Crippen LogP contribution in [0.3, 0.4) is 0 Å². The van der Waals surface area contributed by atoms with E-state index in [-0.39, 0.29) is 29.7 Å². The van der Waals surface area contributed by atoms with Crippen molar-refractivity contribution in [2.45, 2.75) is 45.8 Å². The topological polar surface area (TPSA) is 139 Å². The van der Waals surface area contributed by atoms with E-state index in [4.69, 9.17) is 16.3 Å². The maximum absolute atomic E-state index is 13.6. The first-order chi connectivity index (χ1) is 17.3. The van der Waals surface area contributed by atoms with Gasteiger partial charge in [-0.05, 0) is 38.0 Å². The number of ether oxygens (including phenoxy) is 1. The van der Waals surface area contributed by atoms with Gasteiger partial charge in [-0.3, -0.25) is 24.0 Å². The molecule has 0 aliphatic carbocycles. The van der Waals surface area contributed by atoms with E-state index < -0.39 is 39.3 Å². The van der Waals surface area contributed by atoms with E-state index in [9.17, 15) is 28.1 Å². The lowest BCUT2D eigenvalue weighted by molar-refractivity contribution is -0.384. The number of carbonyl (C=O) groups is 2. The number of methoxy groups -OCH3 is 1. The number of hydrogen-bond donors (Lipinski definition) is 1. The molecule has 13 heteroatoms. The maximum Gasteiger partial charge on any atom is 0.271 e. The lowest BCUT2D eigenvalue weighted by Gasteiger charge is -2.32. The van der Waals surface area contributed by atoms with Crippen molar-refractivity contribution >= 4 is 44.8 Å². The number of nitrogens with one attached hydrogen (secondary N) is 1. The minimum absolute atomic E-state index is 0.0176. The Hall–Kier alpha value is -3.38. The van der Waals surface area contributed by atoms with E-state index >= 15 is 0 Å². The lowest BCUT2D eigenvalue weighted by Crippen LogP contribution is -2.52. The molecular weight excluding hydrogens is 524 g/mol. The van der Waals surface area contributed by atoms with Crippen LogP contribution in [-0.2, 0) is 26.2 Å². The van der Waals surface area contributed by atoms with Crippen LogP contribution in [0.4, 0.5) is 11.4 Å². The predicted molar refractivity (Wildman–Crippen MR) is 141 cm³/mol. The molecule has 0 saturated heterocycles. The number of carbonyl (C=O) groups excluding carboxylic acids is 2. The normalized spacial score (nSPS) is 12.8. The van der Waals surface area contributed by atoms with Crippen molar-refractivity contribution in [1.29, 1.82) is 0 Å². The van der Waals surface area contributed by atoms with Gasteiger partial charge in [0.15, 0.2) is 0 Å². The van der Waals surface area contributed by atoms with Gasteiger partial charge in [0.2, 0.25) is 21.8 Å². The van der Waals surface area contributed by atoms with Crippen LogP contribution < -0.4 is 14.4 Å². The number of halogens is 1. The van der Waals surface area contributed by atoms with Crippen LogP contribution in [-0.4, -0.2) is 62.0 Å². The minimum atomic E-state index is -4.11. The number of nitro groups is 1. The van der Waals surface area contributed by atoms with Crippen LogP contribution in [0, 0.1) is 10.1 Å². The third-order valence-electron chi connectivity index (χ3n) is 5.79. The molecule has 2 aromatic carbocycles. The summed E-state index contributed by atoms with van der Waals surface area (Å²) in [5.74, 6) is -1.12. The first kappa shape index (κ1) is 29.8. The monoisotopic (exact) mass is 554 g/mol. The molecule has 0 spiro atoms. The largest absolute Gasteiger partial charge is 0.495 e. The summed E-state index contributed by atoms with van der Waals surface area (Å²) in [6.45, 7) is 4.45. The zero-order valence-corrected chi connectivity index (χ0v) is 22.9. The Bertz CT molecular complexity index is 1260.